The van der Waals surface area contributed by atoms with Gasteiger partial charge in [-0.05, 0) is 38.0 Å². The minimum atomic E-state index is -0.317. The lowest BCUT2D eigenvalue weighted by atomic mass is 9.93. The van der Waals surface area contributed by atoms with Gasteiger partial charge < -0.3 is 14.6 Å². The molecule has 1 unspecified atom stereocenters. The molecule has 2 amide bonds. The summed E-state index contributed by atoms with van der Waals surface area (Å²) in [4.78, 5) is 26.3. The van der Waals surface area contributed by atoms with E-state index in [1.165, 1.54) is 10.9 Å². The largest absolute Gasteiger partial charge is 0.469 e. The Hall–Kier alpha value is -3.42. The van der Waals surface area contributed by atoms with Gasteiger partial charge in [0.25, 0.3) is 5.91 Å². The molecule has 0 aliphatic heterocycles. The zero-order valence-electron chi connectivity index (χ0n) is 17.3. The van der Waals surface area contributed by atoms with Crippen LogP contribution in [0, 0.1) is 0 Å². The predicted molar refractivity (Wildman–Crippen MR) is 112 cm³/mol. The summed E-state index contributed by atoms with van der Waals surface area (Å²) in [7, 11) is 0. The van der Waals surface area contributed by atoms with E-state index >= 15 is 0 Å². The quantitative estimate of drug-likeness (QED) is 0.556. The van der Waals surface area contributed by atoms with E-state index in [1.54, 1.807) is 11.2 Å². The maximum absolute atomic E-state index is 12.4. The van der Waals surface area contributed by atoms with Crippen LogP contribution in [0.15, 0.2) is 59.3 Å². The molecular weight excluding hydrogens is 382 g/mol. The maximum atomic E-state index is 12.4. The number of carbonyl (C=O) groups excluding carboxylic acids is 2. The number of hydrogen-bond acceptors (Lipinski definition) is 5. The molecule has 0 saturated heterocycles. The second-order valence-corrected chi connectivity index (χ2v) is 6.89. The first-order valence-corrected chi connectivity index (χ1v) is 10.2. The molecule has 0 aliphatic carbocycles. The molecule has 3 rings (SSSR count). The van der Waals surface area contributed by atoms with Gasteiger partial charge in [0, 0.05) is 25.6 Å². The third-order valence-corrected chi connectivity index (χ3v) is 4.99. The minimum Gasteiger partial charge on any atom is -0.469 e. The first-order valence-electron chi connectivity index (χ1n) is 10.2. The number of amides is 2. The molecule has 2 heterocycles. The van der Waals surface area contributed by atoms with Crippen LogP contribution in [-0.4, -0.2) is 51.3 Å². The number of furan rings is 1. The molecule has 8 heteroatoms. The average molecular weight is 409 g/mol. The summed E-state index contributed by atoms with van der Waals surface area (Å²) in [5, 5.41) is 10.7. The Morgan fingerprint density at radius 1 is 1.13 bits per heavy atom. The van der Waals surface area contributed by atoms with Crippen molar-refractivity contribution in [2.75, 3.05) is 19.6 Å². The van der Waals surface area contributed by atoms with Crippen molar-refractivity contribution in [2.24, 2.45) is 0 Å². The molecule has 8 nitrogen and oxygen atoms in total. The average Bonchev–Trinajstić information content (AvgIpc) is 3.45. The van der Waals surface area contributed by atoms with Crippen LogP contribution >= 0.6 is 0 Å². The Morgan fingerprint density at radius 2 is 1.90 bits per heavy atom. The van der Waals surface area contributed by atoms with Gasteiger partial charge in [-0.2, -0.15) is 0 Å². The lowest BCUT2D eigenvalue weighted by Gasteiger charge is -2.17. The van der Waals surface area contributed by atoms with E-state index in [0.29, 0.717) is 26.1 Å². The van der Waals surface area contributed by atoms with Gasteiger partial charge in [-0.3, -0.25) is 9.59 Å². The molecule has 1 N–H and O–H groups in total. The van der Waals surface area contributed by atoms with Crippen molar-refractivity contribution < 1.29 is 14.0 Å². The molecule has 0 spiro atoms. The molecular formula is C22H27N5O3. The molecule has 3 aromatic rings. The molecule has 1 aromatic carbocycles. The topological polar surface area (TPSA) is 93.3 Å². The van der Waals surface area contributed by atoms with Crippen LogP contribution in [0.1, 0.15) is 48.0 Å². The molecule has 0 aliphatic rings. The van der Waals surface area contributed by atoms with Crippen molar-refractivity contribution in [3.05, 3.63) is 71.9 Å². The number of carbonyl (C=O) groups is 2. The zero-order valence-corrected chi connectivity index (χ0v) is 17.3. The van der Waals surface area contributed by atoms with E-state index in [-0.39, 0.29) is 30.0 Å². The molecule has 0 bridgehead atoms. The third-order valence-electron chi connectivity index (χ3n) is 4.99. The van der Waals surface area contributed by atoms with Crippen LogP contribution in [0.4, 0.5) is 0 Å². The molecule has 2 aromatic heterocycles. The Balaban J connectivity index is 1.56. The monoisotopic (exact) mass is 409 g/mol. The number of aromatic nitrogens is 3. The van der Waals surface area contributed by atoms with E-state index in [1.807, 2.05) is 56.3 Å². The number of nitrogens with zero attached hydrogens (tertiary/aromatic N) is 4. The van der Waals surface area contributed by atoms with Crippen LogP contribution in [0.2, 0.25) is 0 Å². The number of hydrogen-bond donors (Lipinski definition) is 1. The predicted octanol–water partition coefficient (Wildman–Crippen LogP) is 2.69. The lowest BCUT2D eigenvalue weighted by Crippen LogP contribution is -2.33. The second-order valence-electron chi connectivity index (χ2n) is 6.89. The van der Waals surface area contributed by atoms with Crippen LogP contribution in [0.3, 0.4) is 0 Å². The van der Waals surface area contributed by atoms with E-state index in [9.17, 15) is 9.59 Å². The fourth-order valence-electron chi connectivity index (χ4n) is 3.36. The normalized spacial score (nSPS) is 11.8. The van der Waals surface area contributed by atoms with Gasteiger partial charge >= 0.3 is 0 Å². The van der Waals surface area contributed by atoms with Gasteiger partial charge in [0.1, 0.15) is 12.3 Å². The van der Waals surface area contributed by atoms with Gasteiger partial charge in [0.05, 0.1) is 12.5 Å². The summed E-state index contributed by atoms with van der Waals surface area (Å²) < 4.78 is 6.99. The molecule has 0 fully saturated rings. The molecule has 0 saturated carbocycles. The Morgan fingerprint density at radius 3 is 2.57 bits per heavy atom. The van der Waals surface area contributed by atoms with Crippen molar-refractivity contribution in [2.45, 2.75) is 32.7 Å². The summed E-state index contributed by atoms with van der Waals surface area (Å²) in [6.07, 6.45) is 3.83. The Bertz CT molecular complexity index is 933. The Kier molecular flexibility index (Phi) is 7.37. The third kappa shape index (κ3) is 5.34. The summed E-state index contributed by atoms with van der Waals surface area (Å²) in [6, 6.07) is 13.8. The van der Waals surface area contributed by atoms with Crippen molar-refractivity contribution in [3.8, 4) is 0 Å². The highest BCUT2D eigenvalue weighted by atomic mass is 16.3. The number of likely N-dealkylation sites (N-methyl/N-ethyl adjacent to an activating group) is 1. The first kappa shape index (κ1) is 21.3. The van der Waals surface area contributed by atoms with E-state index in [4.69, 9.17) is 4.42 Å². The van der Waals surface area contributed by atoms with Gasteiger partial charge in [0.2, 0.25) is 5.91 Å². The Labute approximate surface area is 175 Å². The van der Waals surface area contributed by atoms with E-state index < -0.39 is 0 Å². The molecule has 30 heavy (non-hydrogen) atoms. The van der Waals surface area contributed by atoms with Crippen LogP contribution in [0.25, 0.3) is 0 Å². The fraction of sp³-hybridized carbons (Fsp3) is 0.364. The smallest absolute Gasteiger partial charge is 0.273 e. The zero-order chi connectivity index (χ0) is 21.3. The SMILES string of the molecule is CCN(CC)C(=O)Cn1cc(C(=O)NCCC(c2ccccc2)c2ccco2)nn1. The van der Waals surface area contributed by atoms with Gasteiger partial charge in [-0.25, -0.2) is 4.68 Å². The van der Waals surface area contributed by atoms with Crippen molar-refractivity contribution >= 4 is 11.8 Å². The fourth-order valence-corrected chi connectivity index (χ4v) is 3.36. The summed E-state index contributed by atoms with van der Waals surface area (Å²) in [6.45, 7) is 5.63. The molecule has 0 radical (unpaired) electrons. The first-order chi connectivity index (χ1) is 14.6. The van der Waals surface area contributed by atoms with E-state index in [2.05, 4.69) is 15.6 Å². The van der Waals surface area contributed by atoms with Crippen LogP contribution in [-0.2, 0) is 11.3 Å². The molecule has 1 atom stereocenters. The highest BCUT2D eigenvalue weighted by Gasteiger charge is 2.18. The highest BCUT2D eigenvalue weighted by molar-refractivity contribution is 5.91. The maximum Gasteiger partial charge on any atom is 0.273 e. The van der Waals surface area contributed by atoms with Crippen LogP contribution < -0.4 is 5.32 Å². The van der Waals surface area contributed by atoms with Gasteiger partial charge in [-0.1, -0.05) is 35.5 Å². The number of rotatable bonds is 10. The van der Waals surface area contributed by atoms with Crippen molar-refractivity contribution in [1.82, 2.24) is 25.2 Å². The highest BCUT2D eigenvalue weighted by Crippen LogP contribution is 2.27. The van der Waals surface area contributed by atoms with Crippen LogP contribution in [0.5, 0.6) is 0 Å². The second kappa shape index (κ2) is 10.4. The van der Waals surface area contributed by atoms with Crippen molar-refractivity contribution in [1.29, 1.82) is 0 Å². The molecule has 158 valence electrons. The minimum absolute atomic E-state index is 0.0453. The van der Waals surface area contributed by atoms with E-state index in [0.717, 1.165) is 11.3 Å². The van der Waals surface area contributed by atoms with Crippen molar-refractivity contribution in [3.63, 3.8) is 0 Å². The lowest BCUT2D eigenvalue weighted by molar-refractivity contribution is -0.131. The summed E-state index contributed by atoms with van der Waals surface area (Å²) in [5.41, 5.74) is 1.32. The number of nitrogens with one attached hydrogen (secondary N) is 1. The summed E-state index contributed by atoms with van der Waals surface area (Å²) in [5.74, 6) is 0.531. The summed E-state index contributed by atoms with van der Waals surface area (Å²) >= 11 is 0. The van der Waals surface area contributed by atoms with Gasteiger partial charge in [0.15, 0.2) is 5.69 Å². The standard InChI is InChI=1S/C22H27N5O3/c1-3-26(4-2)21(28)16-27-15-19(24-25-27)22(29)23-13-12-18(20-11-8-14-30-20)17-9-6-5-7-10-17/h5-11,14-15,18H,3-4,12-13,16H2,1-2H3,(H,23,29). The number of benzene rings is 1. The van der Waals surface area contributed by atoms with Gasteiger partial charge in [-0.15, -0.1) is 5.10 Å².